The van der Waals surface area contributed by atoms with Crippen molar-refractivity contribution in [3.8, 4) is 0 Å². The highest BCUT2D eigenvalue weighted by Crippen LogP contribution is 2.41. The van der Waals surface area contributed by atoms with E-state index in [-0.39, 0.29) is 11.3 Å². The molecular formula is C14H25NO3. The van der Waals surface area contributed by atoms with E-state index < -0.39 is 11.4 Å². The highest BCUT2D eigenvalue weighted by Gasteiger charge is 2.39. The number of carbonyl (C=O) groups is 2. The lowest BCUT2D eigenvalue weighted by molar-refractivity contribution is -0.147. The van der Waals surface area contributed by atoms with Crippen LogP contribution < -0.4 is 5.32 Å². The van der Waals surface area contributed by atoms with Gasteiger partial charge in [0, 0.05) is 12.0 Å². The maximum atomic E-state index is 12.2. The molecule has 0 radical (unpaired) electrons. The summed E-state index contributed by atoms with van der Waals surface area (Å²) in [5, 5.41) is 11.9. The molecule has 1 rings (SSSR count). The highest BCUT2D eigenvalue weighted by molar-refractivity contribution is 5.83. The third-order valence-electron chi connectivity index (χ3n) is 4.33. The first-order chi connectivity index (χ1) is 8.34. The second-order valence-corrected chi connectivity index (χ2v) is 6.04. The van der Waals surface area contributed by atoms with Gasteiger partial charge < -0.3 is 10.4 Å². The summed E-state index contributed by atoms with van der Waals surface area (Å²) in [6, 6.07) is 0. The predicted octanol–water partition coefficient (Wildman–Crippen LogP) is 2.57. The Morgan fingerprint density at radius 3 is 2.28 bits per heavy atom. The molecule has 4 nitrogen and oxygen atoms in total. The van der Waals surface area contributed by atoms with E-state index in [0.717, 1.165) is 32.1 Å². The Morgan fingerprint density at radius 1 is 1.28 bits per heavy atom. The molecule has 1 fully saturated rings. The Labute approximate surface area is 109 Å². The van der Waals surface area contributed by atoms with Crippen molar-refractivity contribution in [1.82, 2.24) is 5.32 Å². The Balaban J connectivity index is 2.44. The number of carboxylic acid groups (broad SMARTS) is 1. The summed E-state index contributed by atoms with van der Waals surface area (Å²) in [6.07, 6.45) is 5.54. The van der Waals surface area contributed by atoms with Crippen molar-refractivity contribution in [2.45, 2.75) is 59.3 Å². The van der Waals surface area contributed by atoms with E-state index >= 15 is 0 Å². The summed E-state index contributed by atoms with van der Waals surface area (Å²) in [5.41, 5.74) is -0.963. The molecule has 1 aliphatic rings. The molecule has 1 amide bonds. The Bertz CT molecular complexity index is 317. The lowest BCUT2D eigenvalue weighted by Crippen LogP contribution is -2.40. The van der Waals surface area contributed by atoms with Gasteiger partial charge in [0.1, 0.15) is 0 Å². The van der Waals surface area contributed by atoms with Crippen LogP contribution in [0.4, 0.5) is 0 Å². The van der Waals surface area contributed by atoms with Crippen LogP contribution in [0.25, 0.3) is 0 Å². The van der Waals surface area contributed by atoms with Crippen LogP contribution in [0.3, 0.4) is 0 Å². The van der Waals surface area contributed by atoms with E-state index in [9.17, 15) is 9.59 Å². The average molecular weight is 255 g/mol. The molecule has 0 aromatic heterocycles. The molecule has 0 aromatic rings. The normalized spacial score (nSPS) is 18.6. The SMILES string of the molecule is CCC1(C(=O)NCCC(C)(C)C(=O)O)CCCC1. The van der Waals surface area contributed by atoms with Gasteiger partial charge in [0.05, 0.1) is 5.41 Å². The van der Waals surface area contributed by atoms with E-state index in [0.29, 0.717) is 13.0 Å². The van der Waals surface area contributed by atoms with E-state index in [1.807, 2.05) is 0 Å². The molecule has 0 spiro atoms. The van der Waals surface area contributed by atoms with E-state index in [2.05, 4.69) is 12.2 Å². The minimum Gasteiger partial charge on any atom is -0.481 e. The smallest absolute Gasteiger partial charge is 0.309 e. The third kappa shape index (κ3) is 3.24. The van der Waals surface area contributed by atoms with Crippen LogP contribution in [-0.4, -0.2) is 23.5 Å². The maximum Gasteiger partial charge on any atom is 0.309 e. The fourth-order valence-corrected chi connectivity index (χ4v) is 2.58. The number of nitrogens with one attached hydrogen (secondary N) is 1. The largest absolute Gasteiger partial charge is 0.481 e. The van der Waals surface area contributed by atoms with E-state index in [1.165, 1.54) is 0 Å². The molecule has 0 heterocycles. The van der Waals surface area contributed by atoms with Crippen molar-refractivity contribution in [3.63, 3.8) is 0 Å². The minimum absolute atomic E-state index is 0.115. The van der Waals surface area contributed by atoms with Gasteiger partial charge in [-0.1, -0.05) is 19.8 Å². The molecule has 0 bridgehead atoms. The lowest BCUT2D eigenvalue weighted by Gasteiger charge is -2.27. The van der Waals surface area contributed by atoms with Crippen molar-refractivity contribution in [2.75, 3.05) is 6.54 Å². The van der Waals surface area contributed by atoms with Crippen LogP contribution in [0.2, 0.25) is 0 Å². The zero-order valence-corrected chi connectivity index (χ0v) is 11.7. The molecule has 1 aliphatic carbocycles. The minimum atomic E-state index is -0.817. The van der Waals surface area contributed by atoms with Crippen molar-refractivity contribution >= 4 is 11.9 Å². The van der Waals surface area contributed by atoms with E-state index in [4.69, 9.17) is 5.11 Å². The summed E-state index contributed by atoms with van der Waals surface area (Å²) < 4.78 is 0. The molecular weight excluding hydrogens is 230 g/mol. The molecule has 0 aromatic carbocycles. The molecule has 2 N–H and O–H groups in total. The van der Waals surface area contributed by atoms with Crippen LogP contribution >= 0.6 is 0 Å². The van der Waals surface area contributed by atoms with Gasteiger partial charge in [-0.15, -0.1) is 0 Å². The van der Waals surface area contributed by atoms with Gasteiger partial charge in [-0.25, -0.2) is 0 Å². The molecule has 0 saturated heterocycles. The standard InChI is InChI=1S/C14H25NO3/c1-4-14(7-5-6-8-14)11(16)15-10-9-13(2,3)12(17)18/h4-10H2,1-3H3,(H,15,16)(H,17,18). The Kier molecular flexibility index (Phi) is 4.77. The lowest BCUT2D eigenvalue weighted by atomic mass is 9.82. The summed E-state index contributed by atoms with van der Waals surface area (Å²) in [7, 11) is 0. The van der Waals surface area contributed by atoms with Gasteiger partial charge in [-0.3, -0.25) is 9.59 Å². The fraction of sp³-hybridized carbons (Fsp3) is 0.857. The number of carbonyl (C=O) groups excluding carboxylic acids is 1. The van der Waals surface area contributed by atoms with Gasteiger partial charge >= 0.3 is 5.97 Å². The number of rotatable bonds is 6. The number of amides is 1. The van der Waals surface area contributed by atoms with Crippen molar-refractivity contribution in [1.29, 1.82) is 0 Å². The van der Waals surface area contributed by atoms with Crippen molar-refractivity contribution in [2.24, 2.45) is 10.8 Å². The van der Waals surface area contributed by atoms with Gasteiger partial charge in [-0.05, 0) is 39.5 Å². The first-order valence-electron chi connectivity index (χ1n) is 6.86. The molecule has 1 saturated carbocycles. The molecule has 4 heteroatoms. The van der Waals surface area contributed by atoms with Gasteiger partial charge in [0.15, 0.2) is 0 Å². The molecule has 0 atom stereocenters. The van der Waals surface area contributed by atoms with Crippen LogP contribution in [0.1, 0.15) is 59.3 Å². The number of hydrogen-bond acceptors (Lipinski definition) is 2. The first-order valence-corrected chi connectivity index (χ1v) is 6.86. The zero-order valence-electron chi connectivity index (χ0n) is 11.7. The molecule has 0 unspecified atom stereocenters. The second-order valence-electron chi connectivity index (χ2n) is 6.04. The molecule has 104 valence electrons. The average Bonchev–Trinajstić information content (AvgIpc) is 2.78. The maximum absolute atomic E-state index is 12.2. The van der Waals surface area contributed by atoms with Crippen LogP contribution in [0, 0.1) is 10.8 Å². The van der Waals surface area contributed by atoms with Crippen molar-refractivity contribution in [3.05, 3.63) is 0 Å². The van der Waals surface area contributed by atoms with E-state index in [1.54, 1.807) is 13.8 Å². The van der Waals surface area contributed by atoms with Gasteiger partial charge in [0.25, 0.3) is 0 Å². The quantitative estimate of drug-likeness (QED) is 0.766. The number of hydrogen-bond donors (Lipinski definition) is 2. The fourth-order valence-electron chi connectivity index (χ4n) is 2.58. The summed E-state index contributed by atoms with van der Waals surface area (Å²) in [5.74, 6) is -0.702. The topological polar surface area (TPSA) is 66.4 Å². The number of carboxylic acids is 1. The van der Waals surface area contributed by atoms with Crippen LogP contribution in [0.5, 0.6) is 0 Å². The summed E-state index contributed by atoms with van der Waals surface area (Å²) >= 11 is 0. The summed E-state index contributed by atoms with van der Waals surface area (Å²) in [4.78, 5) is 23.2. The summed E-state index contributed by atoms with van der Waals surface area (Å²) in [6.45, 7) is 5.88. The van der Waals surface area contributed by atoms with Gasteiger partial charge in [-0.2, -0.15) is 0 Å². The zero-order chi connectivity index (χ0) is 13.8. The first kappa shape index (κ1) is 15.0. The molecule has 0 aliphatic heterocycles. The van der Waals surface area contributed by atoms with Gasteiger partial charge in [0.2, 0.25) is 5.91 Å². The Hall–Kier alpha value is -1.06. The number of aliphatic carboxylic acids is 1. The molecule has 18 heavy (non-hydrogen) atoms. The third-order valence-corrected chi connectivity index (χ3v) is 4.33. The highest BCUT2D eigenvalue weighted by atomic mass is 16.4. The Morgan fingerprint density at radius 2 is 1.83 bits per heavy atom. The van der Waals surface area contributed by atoms with Crippen LogP contribution in [-0.2, 0) is 9.59 Å². The predicted molar refractivity (Wildman–Crippen MR) is 70.2 cm³/mol. The monoisotopic (exact) mass is 255 g/mol. The van der Waals surface area contributed by atoms with Crippen molar-refractivity contribution < 1.29 is 14.7 Å². The van der Waals surface area contributed by atoms with Crippen LogP contribution in [0.15, 0.2) is 0 Å². The second kappa shape index (κ2) is 5.72.